The molecule has 2 rings (SSSR count). The third-order valence-corrected chi connectivity index (χ3v) is 4.39. The highest BCUT2D eigenvalue weighted by Gasteiger charge is 2.23. The standard InChI is InChI=1S/C18H25ClN2O3/c1-14-4-6-16(7-5-14)24-12-2-3-17(22)20-15-8-10-21(11-9-15)18(23)13-19/h4-7,15H,2-3,8-13H2,1H3,(H,20,22). The van der Waals surface area contributed by atoms with Crippen molar-refractivity contribution in [3.63, 3.8) is 0 Å². The lowest BCUT2D eigenvalue weighted by Crippen LogP contribution is -2.46. The number of aryl methyl sites for hydroxylation is 1. The molecule has 1 saturated heterocycles. The summed E-state index contributed by atoms with van der Waals surface area (Å²) in [6.45, 7) is 3.88. The second kappa shape index (κ2) is 9.52. The van der Waals surface area contributed by atoms with Gasteiger partial charge in [-0.1, -0.05) is 17.7 Å². The molecular formula is C18H25ClN2O3. The van der Waals surface area contributed by atoms with Crippen molar-refractivity contribution in [2.24, 2.45) is 0 Å². The van der Waals surface area contributed by atoms with Gasteiger partial charge in [-0.25, -0.2) is 0 Å². The van der Waals surface area contributed by atoms with E-state index in [1.165, 1.54) is 5.56 Å². The Morgan fingerprint density at radius 2 is 1.92 bits per heavy atom. The summed E-state index contributed by atoms with van der Waals surface area (Å²) >= 11 is 5.56. The zero-order chi connectivity index (χ0) is 17.4. The maximum absolute atomic E-state index is 12.0. The number of carbonyl (C=O) groups is 2. The molecule has 0 unspecified atom stereocenters. The van der Waals surface area contributed by atoms with Gasteiger partial charge < -0.3 is 15.0 Å². The van der Waals surface area contributed by atoms with Gasteiger partial charge in [-0.05, 0) is 38.3 Å². The number of rotatable bonds is 7. The molecule has 0 atom stereocenters. The van der Waals surface area contributed by atoms with Crippen LogP contribution >= 0.6 is 11.6 Å². The molecule has 0 radical (unpaired) electrons. The number of nitrogens with one attached hydrogen (secondary N) is 1. The van der Waals surface area contributed by atoms with E-state index >= 15 is 0 Å². The second-order valence-corrected chi connectivity index (χ2v) is 6.39. The van der Waals surface area contributed by atoms with Crippen molar-refractivity contribution >= 4 is 23.4 Å². The number of carbonyl (C=O) groups excluding carboxylic acids is 2. The monoisotopic (exact) mass is 352 g/mol. The second-order valence-electron chi connectivity index (χ2n) is 6.12. The van der Waals surface area contributed by atoms with Gasteiger partial charge in [-0.15, -0.1) is 11.6 Å². The fourth-order valence-corrected chi connectivity index (χ4v) is 2.88. The maximum Gasteiger partial charge on any atom is 0.237 e. The molecule has 132 valence electrons. The van der Waals surface area contributed by atoms with Gasteiger partial charge >= 0.3 is 0 Å². The molecule has 2 amide bonds. The molecule has 24 heavy (non-hydrogen) atoms. The van der Waals surface area contributed by atoms with E-state index in [0.717, 1.165) is 18.6 Å². The van der Waals surface area contributed by atoms with Gasteiger partial charge in [0, 0.05) is 25.6 Å². The van der Waals surface area contributed by atoms with Crippen LogP contribution in [0.2, 0.25) is 0 Å². The third-order valence-electron chi connectivity index (χ3n) is 4.16. The summed E-state index contributed by atoms with van der Waals surface area (Å²) in [7, 11) is 0. The van der Waals surface area contributed by atoms with Crippen molar-refractivity contribution in [3.05, 3.63) is 29.8 Å². The first-order chi connectivity index (χ1) is 11.6. The van der Waals surface area contributed by atoms with Crippen molar-refractivity contribution in [3.8, 4) is 5.75 Å². The number of likely N-dealkylation sites (tertiary alicyclic amines) is 1. The normalized spacial score (nSPS) is 15.2. The number of halogens is 1. The van der Waals surface area contributed by atoms with Crippen molar-refractivity contribution in [2.45, 2.75) is 38.6 Å². The Kier molecular flexibility index (Phi) is 7.37. The number of hydrogen-bond donors (Lipinski definition) is 1. The van der Waals surface area contributed by atoms with Crippen LogP contribution < -0.4 is 10.1 Å². The molecular weight excluding hydrogens is 328 g/mol. The molecule has 0 spiro atoms. The van der Waals surface area contributed by atoms with Crippen molar-refractivity contribution in [2.75, 3.05) is 25.6 Å². The van der Waals surface area contributed by atoms with Crippen LogP contribution in [0.25, 0.3) is 0 Å². The highest BCUT2D eigenvalue weighted by Crippen LogP contribution is 2.13. The number of benzene rings is 1. The Morgan fingerprint density at radius 1 is 1.25 bits per heavy atom. The van der Waals surface area contributed by atoms with E-state index in [9.17, 15) is 9.59 Å². The molecule has 1 N–H and O–H groups in total. The smallest absolute Gasteiger partial charge is 0.237 e. The first-order valence-corrected chi connectivity index (χ1v) is 8.94. The Morgan fingerprint density at radius 3 is 2.54 bits per heavy atom. The molecule has 1 heterocycles. The Balaban J connectivity index is 1.58. The average molecular weight is 353 g/mol. The van der Waals surface area contributed by atoms with Crippen LogP contribution in [0.15, 0.2) is 24.3 Å². The highest BCUT2D eigenvalue weighted by atomic mass is 35.5. The highest BCUT2D eigenvalue weighted by molar-refractivity contribution is 6.27. The van der Waals surface area contributed by atoms with Gasteiger partial charge in [0.2, 0.25) is 11.8 Å². The lowest BCUT2D eigenvalue weighted by Gasteiger charge is -2.32. The zero-order valence-corrected chi connectivity index (χ0v) is 14.8. The topological polar surface area (TPSA) is 58.6 Å². The molecule has 1 aromatic carbocycles. The van der Waals surface area contributed by atoms with Gasteiger partial charge in [0.1, 0.15) is 11.6 Å². The van der Waals surface area contributed by atoms with E-state index in [4.69, 9.17) is 16.3 Å². The summed E-state index contributed by atoms with van der Waals surface area (Å²) < 4.78 is 5.62. The van der Waals surface area contributed by atoms with Gasteiger partial charge in [0.15, 0.2) is 0 Å². The summed E-state index contributed by atoms with van der Waals surface area (Å²) in [5.74, 6) is 0.870. The number of nitrogens with zero attached hydrogens (tertiary/aromatic N) is 1. The molecule has 1 aromatic rings. The van der Waals surface area contributed by atoms with Crippen LogP contribution in [0.4, 0.5) is 0 Å². The molecule has 6 heteroatoms. The fourth-order valence-electron chi connectivity index (χ4n) is 2.71. The lowest BCUT2D eigenvalue weighted by atomic mass is 10.0. The number of ether oxygens (including phenoxy) is 1. The largest absolute Gasteiger partial charge is 0.494 e. The van der Waals surface area contributed by atoms with Crippen LogP contribution in [0.3, 0.4) is 0 Å². The van der Waals surface area contributed by atoms with Crippen LogP contribution in [-0.4, -0.2) is 48.3 Å². The Labute approximate surface area is 148 Å². The van der Waals surface area contributed by atoms with Crippen molar-refractivity contribution in [1.82, 2.24) is 10.2 Å². The van der Waals surface area contributed by atoms with E-state index in [1.54, 1.807) is 4.90 Å². The van der Waals surface area contributed by atoms with Crippen LogP contribution in [-0.2, 0) is 9.59 Å². The van der Waals surface area contributed by atoms with Crippen molar-refractivity contribution < 1.29 is 14.3 Å². The summed E-state index contributed by atoms with van der Waals surface area (Å²) in [6, 6.07) is 8.03. The van der Waals surface area contributed by atoms with Gasteiger partial charge in [0.25, 0.3) is 0 Å². The lowest BCUT2D eigenvalue weighted by molar-refractivity contribution is -0.129. The predicted molar refractivity (Wildman–Crippen MR) is 94.4 cm³/mol. The van der Waals surface area contributed by atoms with Gasteiger partial charge in [-0.2, -0.15) is 0 Å². The van der Waals surface area contributed by atoms with Crippen LogP contribution in [0.1, 0.15) is 31.2 Å². The minimum atomic E-state index is -0.0327. The van der Waals surface area contributed by atoms with Crippen LogP contribution in [0.5, 0.6) is 5.75 Å². The van der Waals surface area contributed by atoms with E-state index in [1.807, 2.05) is 31.2 Å². The quantitative estimate of drug-likeness (QED) is 0.606. The molecule has 0 saturated carbocycles. The minimum Gasteiger partial charge on any atom is -0.494 e. The molecule has 5 nitrogen and oxygen atoms in total. The van der Waals surface area contributed by atoms with Gasteiger partial charge in [0.05, 0.1) is 6.61 Å². The maximum atomic E-state index is 12.0. The summed E-state index contributed by atoms with van der Waals surface area (Å²) in [5.41, 5.74) is 1.19. The number of piperidine rings is 1. The number of alkyl halides is 1. The van der Waals surface area contributed by atoms with Crippen LogP contribution in [0, 0.1) is 6.92 Å². The van der Waals surface area contributed by atoms with Gasteiger partial charge in [-0.3, -0.25) is 9.59 Å². The summed E-state index contributed by atoms with van der Waals surface area (Å²) in [4.78, 5) is 25.2. The average Bonchev–Trinajstić information content (AvgIpc) is 2.60. The van der Waals surface area contributed by atoms with E-state index in [2.05, 4.69) is 5.32 Å². The molecule has 1 aliphatic rings. The SMILES string of the molecule is Cc1ccc(OCCCC(=O)NC2CCN(C(=O)CCl)CC2)cc1. The molecule has 1 aliphatic heterocycles. The Hall–Kier alpha value is -1.75. The zero-order valence-electron chi connectivity index (χ0n) is 14.1. The molecule has 0 aromatic heterocycles. The molecule has 0 bridgehead atoms. The predicted octanol–water partition coefficient (Wildman–Crippen LogP) is 2.50. The van der Waals surface area contributed by atoms with Crippen molar-refractivity contribution in [1.29, 1.82) is 0 Å². The number of hydrogen-bond acceptors (Lipinski definition) is 3. The first kappa shape index (κ1) is 18.6. The molecule has 1 fully saturated rings. The fraction of sp³-hybridized carbons (Fsp3) is 0.556. The summed E-state index contributed by atoms with van der Waals surface area (Å²) in [6.07, 6.45) is 2.71. The third kappa shape index (κ3) is 6.04. The van der Waals surface area contributed by atoms with E-state index < -0.39 is 0 Å². The summed E-state index contributed by atoms with van der Waals surface area (Å²) in [5, 5.41) is 3.04. The van der Waals surface area contributed by atoms with E-state index in [0.29, 0.717) is 32.5 Å². The molecule has 0 aliphatic carbocycles. The van der Waals surface area contributed by atoms with E-state index in [-0.39, 0.29) is 23.7 Å². The first-order valence-electron chi connectivity index (χ1n) is 8.41. The number of amides is 2. The minimum absolute atomic E-state index is 0.0258. The Bertz CT molecular complexity index is 540.